The average Bonchev–Trinajstić information content (AvgIpc) is 2.71. The quantitative estimate of drug-likeness (QED) is 0.812. The van der Waals surface area contributed by atoms with Gasteiger partial charge >= 0.3 is 5.97 Å². The van der Waals surface area contributed by atoms with Gasteiger partial charge in [0.1, 0.15) is 5.75 Å². The van der Waals surface area contributed by atoms with Gasteiger partial charge in [0.2, 0.25) is 0 Å². The van der Waals surface area contributed by atoms with Crippen molar-refractivity contribution in [2.24, 2.45) is 0 Å². The van der Waals surface area contributed by atoms with Crippen LogP contribution in [0.2, 0.25) is 0 Å². The van der Waals surface area contributed by atoms with E-state index in [-0.39, 0.29) is 12.0 Å². The Balaban J connectivity index is 1.49. The minimum Gasteiger partial charge on any atom is -0.482 e. The molecule has 2 aromatic rings. The standard InChI is InChI=1S/C21H23NO5/c23-20(24)15-27-19-8-4-7-17(13-19)21(25)22-11-9-18(10-12-22)26-14-16-5-2-1-3-6-16/h1-8,13,18H,9-12,14-15H2,(H,23,24). The van der Waals surface area contributed by atoms with E-state index in [0.717, 1.165) is 18.4 Å². The summed E-state index contributed by atoms with van der Waals surface area (Å²) in [5.74, 6) is -0.745. The van der Waals surface area contributed by atoms with Gasteiger partial charge < -0.3 is 19.5 Å². The molecule has 1 fully saturated rings. The lowest BCUT2D eigenvalue weighted by Gasteiger charge is -2.32. The molecule has 0 aliphatic carbocycles. The first kappa shape index (κ1) is 18.9. The lowest BCUT2D eigenvalue weighted by Crippen LogP contribution is -2.40. The first-order chi connectivity index (χ1) is 13.1. The zero-order valence-electron chi connectivity index (χ0n) is 15.0. The van der Waals surface area contributed by atoms with Crippen molar-refractivity contribution in [2.45, 2.75) is 25.6 Å². The third kappa shape index (κ3) is 5.56. The van der Waals surface area contributed by atoms with Crippen LogP contribution in [0, 0.1) is 0 Å². The molecular formula is C21H23NO5. The fraction of sp³-hybridized carbons (Fsp3) is 0.333. The molecule has 3 rings (SSSR count). The first-order valence-electron chi connectivity index (χ1n) is 9.01. The molecule has 1 aliphatic rings. The number of rotatable bonds is 7. The summed E-state index contributed by atoms with van der Waals surface area (Å²) in [5, 5.41) is 8.69. The highest BCUT2D eigenvalue weighted by molar-refractivity contribution is 5.94. The Morgan fingerprint density at radius 1 is 1.04 bits per heavy atom. The number of benzene rings is 2. The van der Waals surface area contributed by atoms with Crippen LogP contribution in [-0.4, -0.2) is 47.7 Å². The van der Waals surface area contributed by atoms with Gasteiger partial charge in [-0.15, -0.1) is 0 Å². The number of piperidine rings is 1. The van der Waals surface area contributed by atoms with Crippen LogP contribution in [0.25, 0.3) is 0 Å². The number of hydrogen-bond donors (Lipinski definition) is 1. The summed E-state index contributed by atoms with van der Waals surface area (Å²) in [6.45, 7) is 1.43. The van der Waals surface area contributed by atoms with Gasteiger partial charge in [0, 0.05) is 18.7 Å². The Labute approximate surface area is 158 Å². The van der Waals surface area contributed by atoms with Gasteiger partial charge in [0.25, 0.3) is 5.91 Å². The zero-order chi connectivity index (χ0) is 19.1. The summed E-state index contributed by atoms with van der Waals surface area (Å²) in [6, 6.07) is 16.7. The van der Waals surface area contributed by atoms with Gasteiger partial charge in [0.15, 0.2) is 6.61 Å². The van der Waals surface area contributed by atoms with Gasteiger partial charge in [-0.2, -0.15) is 0 Å². The highest BCUT2D eigenvalue weighted by atomic mass is 16.5. The van der Waals surface area contributed by atoms with Gasteiger partial charge in [-0.1, -0.05) is 36.4 Å². The van der Waals surface area contributed by atoms with Crippen LogP contribution in [0.5, 0.6) is 5.75 Å². The molecule has 0 bridgehead atoms. The van der Waals surface area contributed by atoms with Crippen LogP contribution in [0.15, 0.2) is 54.6 Å². The molecule has 0 unspecified atom stereocenters. The molecule has 6 nitrogen and oxygen atoms in total. The van der Waals surface area contributed by atoms with E-state index in [1.165, 1.54) is 0 Å². The van der Waals surface area contributed by atoms with Crippen molar-refractivity contribution in [1.29, 1.82) is 0 Å². The van der Waals surface area contributed by atoms with Crippen LogP contribution in [0.1, 0.15) is 28.8 Å². The zero-order valence-corrected chi connectivity index (χ0v) is 15.0. The number of aliphatic carboxylic acids is 1. The molecule has 1 saturated heterocycles. The minimum absolute atomic E-state index is 0.0720. The molecule has 2 aromatic carbocycles. The second-order valence-electron chi connectivity index (χ2n) is 6.50. The highest BCUT2D eigenvalue weighted by Crippen LogP contribution is 2.20. The van der Waals surface area contributed by atoms with E-state index in [2.05, 4.69) is 0 Å². The second-order valence-corrected chi connectivity index (χ2v) is 6.50. The van der Waals surface area contributed by atoms with E-state index in [1.807, 2.05) is 30.3 Å². The monoisotopic (exact) mass is 369 g/mol. The van der Waals surface area contributed by atoms with Gasteiger partial charge in [0.05, 0.1) is 12.7 Å². The van der Waals surface area contributed by atoms with Crippen LogP contribution in [-0.2, 0) is 16.1 Å². The largest absolute Gasteiger partial charge is 0.482 e. The summed E-state index contributed by atoms with van der Waals surface area (Å²) >= 11 is 0. The normalized spacial score (nSPS) is 14.7. The molecule has 27 heavy (non-hydrogen) atoms. The van der Waals surface area contributed by atoms with Crippen molar-refractivity contribution in [3.63, 3.8) is 0 Å². The van der Waals surface area contributed by atoms with Crippen molar-refractivity contribution in [3.05, 3.63) is 65.7 Å². The number of carboxylic acids is 1. The Bertz CT molecular complexity index is 769. The van der Waals surface area contributed by atoms with Crippen LogP contribution < -0.4 is 4.74 Å². The number of carbonyl (C=O) groups is 2. The molecule has 1 aliphatic heterocycles. The number of nitrogens with zero attached hydrogens (tertiary/aromatic N) is 1. The molecule has 0 radical (unpaired) electrons. The van der Waals surface area contributed by atoms with Crippen LogP contribution in [0.4, 0.5) is 0 Å². The smallest absolute Gasteiger partial charge is 0.341 e. The lowest BCUT2D eigenvalue weighted by atomic mass is 10.1. The molecule has 1 amide bonds. The maximum Gasteiger partial charge on any atom is 0.341 e. The molecule has 6 heteroatoms. The lowest BCUT2D eigenvalue weighted by molar-refractivity contribution is -0.139. The molecule has 0 saturated carbocycles. The maximum atomic E-state index is 12.7. The molecule has 0 aromatic heterocycles. The minimum atomic E-state index is -1.05. The first-order valence-corrected chi connectivity index (χ1v) is 9.01. The average molecular weight is 369 g/mol. The third-order valence-electron chi connectivity index (χ3n) is 4.50. The van der Waals surface area contributed by atoms with Gasteiger partial charge in [-0.05, 0) is 36.6 Å². The molecule has 1 heterocycles. The molecule has 0 atom stereocenters. The fourth-order valence-electron chi connectivity index (χ4n) is 3.06. The van der Waals surface area contributed by atoms with Crippen molar-refractivity contribution >= 4 is 11.9 Å². The van der Waals surface area contributed by atoms with E-state index in [1.54, 1.807) is 29.2 Å². The molecule has 1 N–H and O–H groups in total. The molecular weight excluding hydrogens is 346 g/mol. The molecule has 142 valence electrons. The fourth-order valence-corrected chi connectivity index (χ4v) is 3.06. The maximum absolute atomic E-state index is 12.7. The Morgan fingerprint density at radius 3 is 2.48 bits per heavy atom. The SMILES string of the molecule is O=C(O)COc1cccc(C(=O)N2CCC(OCc3ccccc3)CC2)c1. The van der Waals surface area contributed by atoms with Gasteiger partial charge in [-0.3, -0.25) is 4.79 Å². The summed E-state index contributed by atoms with van der Waals surface area (Å²) in [7, 11) is 0. The van der Waals surface area contributed by atoms with Crippen LogP contribution >= 0.6 is 0 Å². The number of carboxylic acid groups (broad SMARTS) is 1. The predicted octanol–water partition coefficient (Wildman–Crippen LogP) is 2.97. The summed E-state index contributed by atoms with van der Waals surface area (Å²) in [4.78, 5) is 25.1. The van der Waals surface area contributed by atoms with E-state index >= 15 is 0 Å². The Morgan fingerprint density at radius 2 is 1.78 bits per heavy atom. The van der Waals surface area contributed by atoms with E-state index in [4.69, 9.17) is 14.6 Å². The number of hydrogen-bond acceptors (Lipinski definition) is 4. The summed E-state index contributed by atoms with van der Waals surface area (Å²) in [6.07, 6.45) is 1.75. The number of carbonyl (C=O) groups excluding carboxylic acids is 1. The highest BCUT2D eigenvalue weighted by Gasteiger charge is 2.24. The van der Waals surface area contributed by atoms with E-state index < -0.39 is 12.6 Å². The summed E-state index contributed by atoms with van der Waals surface area (Å²) in [5.41, 5.74) is 1.65. The number of amides is 1. The molecule has 0 spiro atoms. The topological polar surface area (TPSA) is 76.1 Å². The van der Waals surface area contributed by atoms with Crippen LogP contribution in [0.3, 0.4) is 0 Å². The van der Waals surface area contributed by atoms with E-state index in [0.29, 0.717) is 31.0 Å². The van der Waals surface area contributed by atoms with Crippen molar-refractivity contribution in [1.82, 2.24) is 4.90 Å². The van der Waals surface area contributed by atoms with Crippen molar-refractivity contribution in [3.8, 4) is 5.75 Å². The summed E-state index contributed by atoms with van der Waals surface area (Å²) < 4.78 is 11.1. The second kappa shape index (κ2) is 9.19. The number of likely N-dealkylation sites (tertiary alicyclic amines) is 1. The predicted molar refractivity (Wildman–Crippen MR) is 99.7 cm³/mol. The van der Waals surface area contributed by atoms with E-state index in [9.17, 15) is 9.59 Å². The van der Waals surface area contributed by atoms with Gasteiger partial charge in [-0.25, -0.2) is 4.79 Å². The van der Waals surface area contributed by atoms with Crippen molar-refractivity contribution < 1.29 is 24.2 Å². The Kier molecular flexibility index (Phi) is 6.44. The number of ether oxygens (including phenoxy) is 2. The van der Waals surface area contributed by atoms with Crippen molar-refractivity contribution in [2.75, 3.05) is 19.7 Å². The Hall–Kier alpha value is -2.86. The third-order valence-corrected chi connectivity index (χ3v) is 4.50.